The largest absolute Gasteiger partial charge is 0.359 e. The van der Waals surface area contributed by atoms with Gasteiger partial charge in [0, 0.05) is 31.4 Å². The minimum Gasteiger partial charge on any atom is -0.359 e. The van der Waals surface area contributed by atoms with Crippen molar-refractivity contribution in [1.82, 2.24) is 10.3 Å². The number of anilines is 1. The highest BCUT2D eigenvalue weighted by atomic mass is 15.2. The molecule has 0 saturated carbocycles. The Hall–Kier alpha value is -1.09. The second kappa shape index (κ2) is 8.16. The lowest BCUT2D eigenvalue weighted by Crippen LogP contribution is -2.28. The van der Waals surface area contributed by atoms with Crippen LogP contribution in [-0.2, 0) is 0 Å². The number of rotatable bonds is 8. The summed E-state index contributed by atoms with van der Waals surface area (Å²) in [6, 6.07) is 4.56. The molecule has 3 nitrogen and oxygen atoms in total. The maximum atomic E-state index is 4.58. The zero-order valence-electron chi connectivity index (χ0n) is 13.1. The van der Waals surface area contributed by atoms with Crippen LogP contribution in [0.4, 0.5) is 5.82 Å². The standard InChI is InChI=1S/C16H29N3/c1-6-10-17-14(4)15-9-8-11-18-16(15)19(5)12-13(3)7-2/h8-9,11,13-14,17H,6-7,10,12H2,1-5H3. The summed E-state index contributed by atoms with van der Waals surface area (Å²) >= 11 is 0. The van der Waals surface area contributed by atoms with Gasteiger partial charge in [-0.25, -0.2) is 4.98 Å². The summed E-state index contributed by atoms with van der Waals surface area (Å²) in [7, 11) is 2.14. The summed E-state index contributed by atoms with van der Waals surface area (Å²) in [5, 5.41) is 3.54. The van der Waals surface area contributed by atoms with Crippen molar-refractivity contribution in [2.24, 2.45) is 5.92 Å². The third-order valence-corrected chi connectivity index (χ3v) is 3.63. The average Bonchev–Trinajstić information content (AvgIpc) is 2.44. The third-order valence-electron chi connectivity index (χ3n) is 3.63. The maximum absolute atomic E-state index is 4.58. The molecule has 1 N–H and O–H groups in total. The molecular formula is C16H29N3. The quantitative estimate of drug-likeness (QED) is 0.776. The number of nitrogens with zero attached hydrogens (tertiary/aromatic N) is 2. The Morgan fingerprint density at radius 3 is 2.68 bits per heavy atom. The van der Waals surface area contributed by atoms with Gasteiger partial charge in [0.25, 0.3) is 0 Å². The molecule has 2 atom stereocenters. The molecule has 0 aliphatic carbocycles. The molecule has 2 unspecified atom stereocenters. The fraction of sp³-hybridized carbons (Fsp3) is 0.688. The predicted octanol–water partition coefficient (Wildman–Crippen LogP) is 3.62. The maximum Gasteiger partial charge on any atom is 0.133 e. The summed E-state index contributed by atoms with van der Waals surface area (Å²) in [5.74, 6) is 1.80. The molecule has 1 rings (SSSR count). The van der Waals surface area contributed by atoms with Crippen LogP contribution >= 0.6 is 0 Å². The first kappa shape index (κ1) is 16.0. The molecule has 1 heterocycles. The fourth-order valence-corrected chi connectivity index (χ4v) is 2.22. The van der Waals surface area contributed by atoms with Crippen LogP contribution in [0.25, 0.3) is 0 Å². The normalized spacial score (nSPS) is 14.2. The van der Waals surface area contributed by atoms with Crippen LogP contribution < -0.4 is 10.2 Å². The Kier molecular flexibility index (Phi) is 6.85. The summed E-state index contributed by atoms with van der Waals surface area (Å²) in [5.41, 5.74) is 1.29. The first-order chi connectivity index (χ1) is 9.10. The molecule has 0 saturated heterocycles. The van der Waals surface area contributed by atoms with Crippen molar-refractivity contribution in [3.63, 3.8) is 0 Å². The molecule has 3 heteroatoms. The van der Waals surface area contributed by atoms with Crippen LogP contribution in [-0.4, -0.2) is 25.1 Å². The smallest absolute Gasteiger partial charge is 0.133 e. The van der Waals surface area contributed by atoms with Gasteiger partial charge in [-0.2, -0.15) is 0 Å². The summed E-state index contributed by atoms with van der Waals surface area (Å²) < 4.78 is 0. The van der Waals surface area contributed by atoms with E-state index in [4.69, 9.17) is 0 Å². The molecule has 0 aliphatic rings. The highest BCUT2D eigenvalue weighted by molar-refractivity contribution is 5.47. The van der Waals surface area contributed by atoms with E-state index in [9.17, 15) is 0 Å². The Morgan fingerprint density at radius 2 is 2.05 bits per heavy atom. The molecular weight excluding hydrogens is 234 g/mol. The van der Waals surface area contributed by atoms with E-state index >= 15 is 0 Å². The van der Waals surface area contributed by atoms with Crippen LogP contribution in [0.15, 0.2) is 18.3 Å². The molecule has 0 amide bonds. The Morgan fingerprint density at radius 1 is 1.32 bits per heavy atom. The Labute approximate surface area is 118 Å². The van der Waals surface area contributed by atoms with Crippen molar-refractivity contribution in [3.8, 4) is 0 Å². The average molecular weight is 263 g/mol. The summed E-state index contributed by atoms with van der Waals surface area (Å²) in [6.45, 7) is 11.0. The Balaban J connectivity index is 2.82. The van der Waals surface area contributed by atoms with E-state index in [2.05, 4.69) is 56.0 Å². The van der Waals surface area contributed by atoms with E-state index in [1.807, 2.05) is 12.3 Å². The highest BCUT2D eigenvalue weighted by Gasteiger charge is 2.15. The van der Waals surface area contributed by atoms with Gasteiger partial charge in [0.2, 0.25) is 0 Å². The van der Waals surface area contributed by atoms with Gasteiger partial charge in [-0.3, -0.25) is 0 Å². The van der Waals surface area contributed by atoms with Gasteiger partial charge in [0.1, 0.15) is 5.82 Å². The van der Waals surface area contributed by atoms with Gasteiger partial charge in [-0.05, 0) is 31.9 Å². The summed E-state index contributed by atoms with van der Waals surface area (Å²) in [4.78, 5) is 6.87. The van der Waals surface area contributed by atoms with Crippen LogP contribution in [0.5, 0.6) is 0 Å². The van der Waals surface area contributed by atoms with Crippen molar-refractivity contribution >= 4 is 5.82 Å². The van der Waals surface area contributed by atoms with Crippen molar-refractivity contribution in [2.45, 2.75) is 46.6 Å². The molecule has 0 spiro atoms. The second-order valence-electron chi connectivity index (χ2n) is 5.49. The first-order valence-electron chi connectivity index (χ1n) is 7.49. The fourth-order valence-electron chi connectivity index (χ4n) is 2.22. The van der Waals surface area contributed by atoms with E-state index in [1.165, 1.54) is 12.0 Å². The van der Waals surface area contributed by atoms with Crippen molar-refractivity contribution in [1.29, 1.82) is 0 Å². The van der Waals surface area contributed by atoms with Crippen LogP contribution in [0, 0.1) is 5.92 Å². The minimum absolute atomic E-state index is 0.350. The molecule has 19 heavy (non-hydrogen) atoms. The molecule has 0 bridgehead atoms. The minimum atomic E-state index is 0.350. The van der Waals surface area contributed by atoms with Crippen molar-refractivity contribution in [3.05, 3.63) is 23.9 Å². The topological polar surface area (TPSA) is 28.2 Å². The second-order valence-corrected chi connectivity index (χ2v) is 5.49. The molecule has 0 aliphatic heterocycles. The lowest BCUT2D eigenvalue weighted by atomic mass is 10.1. The number of nitrogens with one attached hydrogen (secondary N) is 1. The highest BCUT2D eigenvalue weighted by Crippen LogP contribution is 2.23. The number of pyridine rings is 1. The SMILES string of the molecule is CCCNC(C)c1cccnc1N(C)CC(C)CC. The molecule has 1 aromatic rings. The van der Waals surface area contributed by atoms with E-state index in [0.717, 1.165) is 25.3 Å². The zero-order valence-corrected chi connectivity index (χ0v) is 13.1. The van der Waals surface area contributed by atoms with Crippen molar-refractivity contribution in [2.75, 3.05) is 25.0 Å². The van der Waals surface area contributed by atoms with Crippen LogP contribution in [0.2, 0.25) is 0 Å². The van der Waals surface area contributed by atoms with Gasteiger partial charge in [0.05, 0.1) is 0 Å². The molecule has 108 valence electrons. The molecule has 0 fully saturated rings. The summed E-state index contributed by atoms with van der Waals surface area (Å²) in [6.07, 6.45) is 4.25. The number of hydrogen-bond donors (Lipinski definition) is 1. The Bertz CT molecular complexity index is 365. The van der Waals surface area contributed by atoms with E-state index in [-0.39, 0.29) is 0 Å². The first-order valence-corrected chi connectivity index (χ1v) is 7.49. The monoisotopic (exact) mass is 263 g/mol. The van der Waals surface area contributed by atoms with Crippen LogP contribution in [0.3, 0.4) is 0 Å². The van der Waals surface area contributed by atoms with Crippen molar-refractivity contribution < 1.29 is 0 Å². The lowest BCUT2D eigenvalue weighted by Gasteiger charge is -2.26. The van der Waals surface area contributed by atoms with Gasteiger partial charge in [-0.15, -0.1) is 0 Å². The van der Waals surface area contributed by atoms with E-state index in [1.54, 1.807) is 0 Å². The van der Waals surface area contributed by atoms with Crippen LogP contribution in [0.1, 0.15) is 52.1 Å². The third kappa shape index (κ3) is 4.83. The van der Waals surface area contributed by atoms with Gasteiger partial charge in [-0.1, -0.05) is 33.3 Å². The molecule has 0 aromatic carbocycles. The van der Waals surface area contributed by atoms with E-state index < -0.39 is 0 Å². The number of aromatic nitrogens is 1. The van der Waals surface area contributed by atoms with E-state index in [0.29, 0.717) is 12.0 Å². The molecule has 0 radical (unpaired) electrons. The zero-order chi connectivity index (χ0) is 14.3. The molecule has 1 aromatic heterocycles. The van der Waals surface area contributed by atoms with Gasteiger partial charge < -0.3 is 10.2 Å². The lowest BCUT2D eigenvalue weighted by molar-refractivity contribution is 0.546. The van der Waals surface area contributed by atoms with Gasteiger partial charge >= 0.3 is 0 Å². The van der Waals surface area contributed by atoms with Gasteiger partial charge in [0.15, 0.2) is 0 Å². The number of hydrogen-bond acceptors (Lipinski definition) is 3. The predicted molar refractivity (Wildman–Crippen MR) is 83.7 cm³/mol.